The van der Waals surface area contributed by atoms with Crippen LogP contribution in [0.2, 0.25) is 0 Å². The van der Waals surface area contributed by atoms with Crippen molar-refractivity contribution in [1.29, 1.82) is 0 Å². The summed E-state index contributed by atoms with van der Waals surface area (Å²) < 4.78 is 11.1. The Morgan fingerprint density at radius 3 is 2.59 bits per heavy atom. The average Bonchev–Trinajstić information content (AvgIpc) is 3.34. The molecule has 7 nitrogen and oxygen atoms in total. The third-order valence-electron chi connectivity index (χ3n) is 5.24. The van der Waals surface area contributed by atoms with Gasteiger partial charge < -0.3 is 25.1 Å². The molecule has 1 heterocycles. The predicted molar refractivity (Wildman–Crippen MR) is 139 cm³/mol. The largest absolute Gasteiger partial charge is 0.459 e. The summed E-state index contributed by atoms with van der Waals surface area (Å²) in [5.74, 6) is 0.830. The summed E-state index contributed by atoms with van der Waals surface area (Å²) in [5.41, 5.74) is 1.78. The van der Waals surface area contributed by atoms with Crippen molar-refractivity contribution in [2.24, 2.45) is 4.99 Å². The molecule has 0 spiro atoms. The van der Waals surface area contributed by atoms with Gasteiger partial charge in [0.25, 0.3) is 5.91 Å². The van der Waals surface area contributed by atoms with E-state index in [2.05, 4.69) is 27.9 Å². The predicted octanol–water partition coefficient (Wildman–Crippen LogP) is 4.94. The smallest absolute Gasteiger partial charge is 0.291 e. The number of amides is 1. The maximum Gasteiger partial charge on any atom is 0.291 e. The van der Waals surface area contributed by atoms with Crippen LogP contribution in [0.1, 0.15) is 61.6 Å². The van der Waals surface area contributed by atoms with Gasteiger partial charge in [0, 0.05) is 25.4 Å². The lowest BCUT2D eigenvalue weighted by atomic mass is 9.98. The molecule has 8 heteroatoms. The van der Waals surface area contributed by atoms with E-state index in [-0.39, 0.29) is 29.9 Å². The van der Waals surface area contributed by atoms with E-state index in [1.807, 2.05) is 24.3 Å². The lowest BCUT2D eigenvalue weighted by molar-refractivity contribution is 0.0277. The minimum atomic E-state index is -0.262. The quantitative estimate of drug-likeness (QED) is 0.168. The van der Waals surface area contributed by atoms with Crippen LogP contribution in [0.15, 0.2) is 52.1 Å². The number of nitrogens with one attached hydrogen (secondary N) is 3. The second kappa shape index (κ2) is 14.9. The molecular formula is C24H35IN4O3. The zero-order chi connectivity index (χ0) is 21.7. The Hall–Kier alpha value is -2.07. The molecule has 1 aliphatic rings. The van der Waals surface area contributed by atoms with Crippen LogP contribution in [0.25, 0.3) is 0 Å². The van der Waals surface area contributed by atoms with Gasteiger partial charge >= 0.3 is 0 Å². The van der Waals surface area contributed by atoms with Crippen LogP contribution in [-0.4, -0.2) is 37.7 Å². The van der Waals surface area contributed by atoms with Gasteiger partial charge in [0.2, 0.25) is 0 Å². The molecule has 1 saturated carbocycles. The number of anilines is 1. The fraction of sp³-hybridized carbons (Fsp3) is 0.500. The monoisotopic (exact) mass is 554 g/mol. The molecule has 0 unspecified atom stereocenters. The Kier molecular flexibility index (Phi) is 12.2. The third-order valence-corrected chi connectivity index (χ3v) is 5.24. The van der Waals surface area contributed by atoms with Crippen molar-refractivity contribution >= 4 is 41.5 Å². The topological polar surface area (TPSA) is 87.9 Å². The number of ether oxygens (including phenoxy) is 1. The van der Waals surface area contributed by atoms with Crippen molar-refractivity contribution in [1.82, 2.24) is 10.6 Å². The summed E-state index contributed by atoms with van der Waals surface area (Å²) in [6, 6.07) is 11.0. The van der Waals surface area contributed by atoms with Crippen molar-refractivity contribution in [2.45, 2.75) is 58.1 Å². The van der Waals surface area contributed by atoms with Gasteiger partial charge in [-0.2, -0.15) is 0 Å². The van der Waals surface area contributed by atoms with Crippen LogP contribution in [0, 0.1) is 0 Å². The van der Waals surface area contributed by atoms with Crippen molar-refractivity contribution in [3.8, 4) is 0 Å². The molecule has 1 amide bonds. The number of aliphatic imine (C=N–C) groups is 1. The first-order valence-corrected chi connectivity index (χ1v) is 11.3. The fourth-order valence-corrected chi connectivity index (χ4v) is 3.57. The molecule has 1 aliphatic carbocycles. The Morgan fingerprint density at radius 2 is 1.91 bits per heavy atom. The molecule has 2 aromatic rings. The summed E-state index contributed by atoms with van der Waals surface area (Å²) in [6.07, 6.45) is 9.29. The Bertz CT molecular complexity index is 803. The van der Waals surface area contributed by atoms with Gasteiger partial charge in [0.1, 0.15) is 0 Å². The maximum absolute atomic E-state index is 12.0. The number of furan rings is 1. The van der Waals surface area contributed by atoms with Gasteiger partial charge in [-0.05, 0) is 56.0 Å². The summed E-state index contributed by atoms with van der Waals surface area (Å²) >= 11 is 0. The number of guanidine groups is 1. The minimum Gasteiger partial charge on any atom is -0.459 e. The van der Waals surface area contributed by atoms with E-state index < -0.39 is 0 Å². The van der Waals surface area contributed by atoms with Crippen molar-refractivity contribution in [3.05, 3.63) is 54.0 Å². The standard InChI is InChI=1S/C24H34N4O3.HI/c1-2-25-24(26-15-7-17-30-21-8-4-3-5-9-21)27-18-19-11-13-20(14-12-19)28-23(29)22-10-6-16-31-22;/h6,10-14,16,21H,2-5,7-9,15,17-18H2,1H3,(H,28,29)(H2,25,26,27);1H. The zero-order valence-corrected chi connectivity index (χ0v) is 21.1. The molecule has 1 fully saturated rings. The van der Waals surface area contributed by atoms with Crippen LogP contribution >= 0.6 is 24.0 Å². The van der Waals surface area contributed by atoms with E-state index in [1.54, 1.807) is 12.1 Å². The van der Waals surface area contributed by atoms with Crippen molar-refractivity contribution < 1.29 is 13.9 Å². The highest BCUT2D eigenvalue weighted by atomic mass is 127. The molecule has 1 aromatic heterocycles. The highest BCUT2D eigenvalue weighted by Crippen LogP contribution is 2.20. The molecular weight excluding hydrogens is 519 g/mol. The number of nitrogens with zero attached hydrogens (tertiary/aromatic N) is 1. The number of hydrogen-bond acceptors (Lipinski definition) is 4. The van der Waals surface area contributed by atoms with E-state index in [1.165, 1.54) is 38.4 Å². The van der Waals surface area contributed by atoms with Gasteiger partial charge in [-0.15, -0.1) is 24.0 Å². The molecule has 0 aliphatic heterocycles. The summed E-state index contributed by atoms with van der Waals surface area (Å²) in [4.78, 5) is 16.7. The summed E-state index contributed by atoms with van der Waals surface area (Å²) in [7, 11) is 0. The number of rotatable bonds is 10. The van der Waals surface area contributed by atoms with Gasteiger partial charge in [0.15, 0.2) is 11.7 Å². The molecule has 0 bridgehead atoms. The summed E-state index contributed by atoms with van der Waals surface area (Å²) in [5, 5.41) is 9.47. The van der Waals surface area contributed by atoms with Gasteiger partial charge in [-0.25, -0.2) is 4.99 Å². The third kappa shape index (κ3) is 9.20. The molecule has 0 atom stereocenters. The SMILES string of the molecule is CCNC(=NCc1ccc(NC(=O)c2ccco2)cc1)NCCCOC1CCCCC1.I. The molecule has 176 valence electrons. The number of benzene rings is 1. The normalized spacial score (nSPS) is 14.5. The van der Waals surface area contributed by atoms with Crippen LogP contribution in [-0.2, 0) is 11.3 Å². The van der Waals surface area contributed by atoms with E-state index in [4.69, 9.17) is 9.15 Å². The van der Waals surface area contributed by atoms with Gasteiger partial charge in [-0.1, -0.05) is 31.4 Å². The average molecular weight is 554 g/mol. The first-order valence-electron chi connectivity index (χ1n) is 11.3. The fourth-order valence-electron chi connectivity index (χ4n) is 3.57. The van der Waals surface area contributed by atoms with Gasteiger partial charge in [-0.3, -0.25) is 4.79 Å². The first-order chi connectivity index (χ1) is 15.2. The molecule has 0 saturated heterocycles. The minimum absolute atomic E-state index is 0. The van der Waals surface area contributed by atoms with E-state index in [9.17, 15) is 4.79 Å². The lowest BCUT2D eigenvalue weighted by Gasteiger charge is -2.22. The molecule has 32 heavy (non-hydrogen) atoms. The van der Waals surface area contributed by atoms with Crippen LogP contribution in [0.3, 0.4) is 0 Å². The summed E-state index contributed by atoms with van der Waals surface area (Å²) in [6.45, 7) is 5.04. The van der Waals surface area contributed by atoms with Crippen LogP contribution in [0.5, 0.6) is 0 Å². The highest BCUT2D eigenvalue weighted by molar-refractivity contribution is 14.0. The number of carbonyl (C=O) groups is 1. The van der Waals surface area contributed by atoms with Crippen LogP contribution < -0.4 is 16.0 Å². The number of hydrogen-bond donors (Lipinski definition) is 3. The van der Waals surface area contributed by atoms with Crippen LogP contribution in [0.4, 0.5) is 5.69 Å². The number of halogens is 1. The Morgan fingerprint density at radius 1 is 1.12 bits per heavy atom. The molecule has 3 N–H and O–H groups in total. The Balaban J connectivity index is 0.00000363. The molecule has 1 aromatic carbocycles. The highest BCUT2D eigenvalue weighted by Gasteiger charge is 2.13. The molecule has 0 radical (unpaired) electrons. The maximum atomic E-state index is 12.0. The molecule has 3 rings (SSSR count). The number of carbonyl (C=O) groups excluding carboxylic acids is 1. The van der Waals surface area contributed by atoms with E-state index in [0.717, 1.165) is 43.3 Å². The first kappa shape index (κ1) is 26.2. The zero-order valence-electron chi connectivity index (χ0n) is 18.8. The second-order valence-corrected chi connectivity index (χ2v) is 7.73. The van der Waals surface area contributed by atoms with Gasteiger partial charge in [0.05, 0.1) is 18.9 Å². The van der Waals surface area contributed by atoms with Crippen molar-refractivity contribution in [3.63, 3.8) is 0 Å². The Labute approximate surface area is 207 Å². The lowest BCUT2D eigenvalue weighted by Crippen LogP contribution is -2.38. The second-order valence-electron chi connectivity index (χ2n) is 7.73. The van der Waals surface area contributed by atoms with E-state index in [0.29, 0.717) is 18.4 Å². The van der Waals surface area contributed by atoms with Crippen molar-refractivity contribution in [2.75, 3.05) is 25.0 Å². The van der Waals surface area contributed by atoms with E-state index >= 15 is 0 Å².